The van der Waals surface area contributed by atoms with Gasteiger partial charge in [0.1, 0.15) is 22.6 Å². The van der Waals surface area contributed by atoms with Crippen molar-refractivity contribution < 1.29 is 17.7 Å². The fourth-order valence-electron chi connectivity index (χ4n) is 3.36. The van der Waals surface area contributed by atoms with E-state index in [9.17, 15) is 17.8 Å². The molecule has 1 atom stereocenters. The number of pyridine rings is 1. The summed E-state index contributed by atoms with van der Waals surface area (Å²) in [5.74, 6) is -1.45. The Morgan fingerprint density at radius 1 is 1.00 bits per heavy atom. The average molecular weight is 452 g/mol. The van der Waals surface area contributed by atoms with Crippen LogP contribution in [-0.2, 0) is 18.0 Å². The summed E-state index contributed by atoms with van der Waals surface area (Å²) in [5, 5.41) is 2.42. The van der Waals surface area contributed by atoms with Gasteiger partial charge in [0.15, 0.2) is 11.6 Å². The molecular weight excluding hydrogens is 434 g/mol. The molecule has 4 rings (SSSR count). The lowest BCUT2D eigenvalue weighted by Crippen LogP contribution is -2.16. The van der Waals surface area contributed by atoms with E-state index in [4.69, 9.17) is 4.74 Å². The second-order valence-corrected chi connectivity index (χ2v) is 8.09. The number of hydrogen-bond acceptors (Lipinski definition) is 3. The maximum atomic E-state index is 14.3. The number of benzene rings is 3. The summed E-state index contributed by atoms with van der Waals surface area (Å²) in [7, 11) is 0.120. The van der Waals surface area contributed by atoms with Crippen LogP contribution in [0.25, 0.3) is 21.9 Å². The van der Waals surface area contributed by atoms with E-state index in [1.807, 2.05) is 0 Å². The first-order chi connectivity index (χ1) is 15.4. The van der Waals surface area contributed by atoms with E-state index in [2.05, 4.69) is 11.3 Å². The topological polar surface area (TPSA) is 60.3 Å². The number of fused-ring (bicyclic) bond motifs is 1. The second-order valence-electron chi connectivity index (χ2n) is 6.96. The number of anilines is 1. The molecule has 4 aromatic rings. The third kappa shape index (κ3) is 4.17. The fraction of sp³-hybridized carbons (Fsp3) is 0.0417. The Balaban J connectivity index is 1.94. The minimum atomic E-state index is -1.51. The molecule has 5 nitrogen and oxygen atoms in total. The quantitative estimate of drug-likeness (QED) is 0.421. The van der Waals surface area contributed by atoms with Gasteiger partial charge in [-0.15, -0.1) is 0 Å². The molecule has 8 heteroatoms. The molecule has 0 aliphatic heterocycles. The molecule has 162 valence electrons. The van der Waals surface area contributed by atoms with Gasteiger partial charge in [-0.05, 0) is 41.8 Å². The summed E-state index contributed by atoms with van der Waals surface area (Å²) in [6.07, 6.45) is 1.65. The van der Waals surface area contributed by atoms with Crippen molar-refractivity contribution in [1.29, 1.82) is 0 Å². The highest BCUT2D eigenvalue weighted by Gasteiger charge is 2.16. The van der Waals surface area contributed by atoms with Crippen LogP contribution in [0.5, 0.6) is 11.5 Å². The first-order valence-electron chi connectivity index (χ1n) is 9.53. The molecule has 1 unspecified atom stereocenters. The molecule has 1 aromatic heterocycles. The van der Waals surface area contributed by atoms with Crippen molar-refractivity contribution in [3.63, 3.8) is 0 Å². The zero-order chi connectivity index (χ0) is 22.8. The molecule has 0 spiro atoms. The first kappa shape index (κ1) is 21.5. The maximum absolute atomic E-state index is 14.3. The predicted molar refractivity (Wildman–Crippen MR) is 123 cm³/mol. The molecule has 3 aromatic carbocycles. The van der Waals surface area contributed by atoms with Crippen molar-refractivity contribution in [2.75, 3.05) is 4.72 Å². The van der Waals surface area contributed by atoms with Crippen LogP contribution in [0.4, 0.5) is 14.5 Å². The van der Waals surface area contributed by atoms with Crippen molar-refractivity contribution in [3.05, 3.63) is 101 Å². The van der Waals surface area contributed by atoms with E-state index in [0.29, 0.717) is 27.6 Å². The first-order valence-corrected chi connectivity index (χ1v) is 10.7. The van der Waals surface area contributed by atoms with Gasteiger partial charge < -0.3 is 14.0 Å². The standard InChI is InChI=1S/C24H18F2N2O3S/c1-3-32(30)27-16-9-11-22(31-23-10-8-15(25)12-21(23)26)19(13-16)20-14-28(2)24(29)18-7-5-4-6-17(18)20/h3-14,27H,1H2,2H3. The number of halogens is 2. The maximum Gasteiger partial charge on any atom is 0.258 e. The summed E-state index contributed by atoms with van der Waals surface area (Å²) < 4.78 is 49.5. The van der Waals surface area contributed by atoms with E-state index in [1.54, 1.807) is 55.7 Å². The highest BCUT2D eigenvalue weighted by molar-refractivity contribution is 7.89. The molecule has 0 saturated carbocycles. The second kappa shape index (κ2) is 8.76. The van der Waals surface area contributed by atoms with E-state index in [-0.39, 0.29) is 17.1 Å². The third-order valence-corrected chi connectivity index (χ3v) is 5.58. The third-order valence-electron chi connectivity index (χ3n) is 4.84. The van der Waals surface area contributed by atoms with Gasteiger partial charge >= 0.3 is 0 Å². The molecule has 1 N–H and O–H groups in total. The molecule has 0 aliphatic rings. The van der Waals surface area contributed by atoms with E-state index < -0.39 is 22.6 Å². The highest BCUT2D eigenvalue weighted by Crippen LogP contribution is 2.39. The van der Waals surface area contributed by atoms with E-state index in [0.717, 1.165) is 12.1 Å². The van der Waals surface area contributed by atoms with Gasteiger partial charge in [-0.3, -0.25) is 4.79 Å². The number of hydrogen-bond donors (Lipinski definition) is 1. The highest BCUT2D eigenvalue weighted by atomic mass is 32.2. The van der Waals surface area contributed by atoms with E-state index >= 15 is 0 Å². The van der Waals surface area contributed by atoms with Crippen LogP contribution < -0.4 is 15.0 Å². The van der Waals surface area contributed by atoms with Crippen LogP contribution in [0.3, 0.4) is 0 Å². The van der Waals surface area contributed by atoms with Gasteiger partial charge in [0.25, 0.3) is 5.56 Å². The van der Waals surface area contributed by atoms with Crippen LogP contribution >= 0.6 is 0 Å². The van der Waals surface area contributed by atoms with Gasteiger partial charge in [-0.2, -0.15) is 0 Å². The molecule has 0 fully saturated rings. The lowest BCUT2D eigenvalue weighted by Gasteiger charge is -2.16. The van der Waals surface area contributed by atoms with Crippen LogP contribution in [0, 0.1) is 11.6 Å². The Morgan fingerprint density at radius 2 is 1.72 bits per heavy atom. The Bertz CT molecular complexity index is 1430. The number of aromatic nitrogens is 1. The van der Waals surface area contributed by atoms with Gasteiger partial charge in [-0.1, -0.05) is 24.8 Å². The molecule has 1 heterocycles. The number of nitrogens with zero attached hydrogens (tertiary/aromatic N) is 1. The number of nitrogens with one attached hydrogen (secondary N) is 1. The smallest absolute Gasteiger partial charge is 0.258 e. The average Bonchev–Trinajstić information content (AvgIpc) is 2.79. The Morgan fingerprint density at radius 3 is 2.44 bits per heavy atom. The molecule has 0 bridgehead atoms. The fourth-order valence-corrected chi connectivity index (χ4v) is 3.80. The van der Waals surface area contributed by atoms with Gasteiger partial charge in [-0.25, -0.2) is 13.0 Å². The normalized spacial score (nSPS) is 11.8. The van der Waals surface area contributed by atoms with Crippen molar-refractivity contribution in [1.82, 2.24) is 4.57 Å². The largest absolute Gasteiger partial charge is 0.454 e. The predicted octanol–water partition coefficient (Wildman–Crippen LogP) is 5.50. The summed E-state index contributed by atoms with van der Waals surface area (Å²) in [6.45, 7) is 3.49. The van der Waals surface area contributed by atoms with Gasteiger partial charge in [0.2, 0.25) is 0 Å². The Hall–Kier alpha value is -3.78. The molecule has 0 amide bonds. The van der Waals surface area contributed by atoms with Crippen LogP contribution in [0.2, 0.25) is 0 Å². The van der Waals surface area contributed by atoms with Crippen molar-refractivity contribution in [2.24, 2.45) is 7.05 Å². The van der Waals surface area contributed by atoms with Crippen LogP contribution in [0.1, 0.15) is 0 Å². The van der Waals surface area contributed by atoms with Crippen molar-refractivity contribution in [2.45, 2.75) is 0 Å². The molecule has 32 heavy (non-hydrogen) atoms. The summed E-state index contributed by atoms with van der Waals surface area (Å²) in [5.41, 5.74) is 1.50. The van der Waals surface area contributed by atoms with Crippen LogP contribution in [0.15, 0.2) is 83.6 Å². The van der Waals surface area contributed by atoms with Crippen molar-refractivity contribution >= 4 is 27.4 Å². The lowest BCUT2D eigenvalue weighted by atomic mass is 9.99. The molecule has 0 radical (unpaired) electrons. The monoisotopic (exact) mass is 452 g/mol. The number of rotatable bonds is 6. The summed E-state index contributed by atoms with van der Waals surface area (Å²) >= 11 is 0. The Kier molecular flexibility index (Phi) is 5.87. The molecule has 0 aliphatic carbocycles. The van der Waals surface area contributed by atoms with Gasteiger partial charge in [0, 0.05) is 46.9 Å². The minimum absolute atomic E-state index is 0.155. The SMILES string of the molecule is C=CS(=O)Nc1ccc(Oc2ccc(F)cc2F)c(-c2cn(C)c(=O)c3ccccc23)c1. The molecular formula is C24H18F2N2O3S. The summed E-state index contributed by atoms with van der Waals surface area (Å²) in [4.78, 5) is 12.6. The summed E-state index contributed by atoms with van der Waals surface area (Å²) in [6, 6.07) is 15.0. The van der Waals surface area contributed by atoms with Crippen molar-refractivity contribution in [3.8, 4) is 22.6 Å². The zero-order valence-electron chi connectivity index (χ0n) is 17.0. The Labute approximate surface area is 185 Å². The minimum Gasteiger partial charge on any atom is -0.454 e. The zero-order valence-corrected chi connectivity index (χ0v) is 17.8. The number of aryl methyl sites for hydroxylation is 1. The van der Waals surface area contributed by atoms with E-state index in [1.165, 1.54) is 16.0 Å². The lowest BCUT2D eigenvalue weighted by molar-refractivity contribution is 0.439. The van der Waals surface area contributed by atoms with Gasteiger partial charge in [0.05, 0.1) is 0 Å². The molecule has 0 saturated heterocycles. The van der Waals surface area contributed by atoms with Crippen LogP contribution in [-0.4, -0.2) is 8.78 Å². The number of ether oxygens (including phenoxy) is 1.